The van der Waals surface area contributed by atoms with Gasteiger partial charge in [0.1, 0.15) is 6.10 Å². The molecule has 0 aromatic rings. The number of morpholine rings is 1. The minimum atomic E-state index is -3.30. The first-order valence-corrected chi connectivity index (χ1v) is 8.70. The van der Waals surface area contributed by atoms with Gasteiger partial charge >= 0.3 is 0 Å². The summed E-state index contributed by atoms with van der Waals surface area (Å²) in [5.41, 5.74) is 5.49. The smallest absolute Gasteiger partial charge is 0.214 e. The first-order chi connectivity index (χ1) is 9.53. The molecule has 8 heteroatoms. The molecule has 0 radical (unpaired) electrons. The fourth-order valence-corrected chi connectivity index (χ4v) is 4.73. The Bertz CT molecular complexity index is 446. The van der Waals surface area contributed by atoms with E-state index < -0.39 is 16.1 Å². The summed E-state index contributed by atoms with van der Waals surface area (Å²) >= 11 is 0. The molecule has 1 aliphatic heterocycles. The van der Waals surface area contributed by atoms with E-state index in [1.165, 1.54) is 10.7 Å². The summed E-state index contributed by atoms with van der Waals surface area (Å²) in [6, 6.07) is 0. The van der Waals surface area contributed by atoms with Crippen LogP contribution >= 0.6 is 0 Å². The van der Waals surface area contributed by atoms with Gasteiger partial charge in [0.15, 0.2) is 5.84 Å². The maximum absolute atomic E-state index is 12.4. The Kier molecular flexibility index (Phi) is 5.22. The van der Waals surface area contributed by atoms with Crippen molar-refractivity contribution in [2.75, 3.05) is 25.4 Å². The van der Waals surface area contributed by atoms with Crippen LogP contribution in [0.4, 0.5) is 0 Å². The van der Waals surface area contributed by atoms with E-state index in [1.807, 2.05) is 0 Å². The van der Waals surface area contributed by atoms with Crippen molar-refractivity contribution in [2.24, 2.45) is 16.8 Å². The molecule has 0 bridgehead atoms. The van der Waals surface area contributed by atoms with Gasteiger partial charge in [-0.05, 0) is 18.8 Å². The van der Waals surface area contributed by atoms with Gasteiger partial charge in [-0.3, -0.25) is 0 Å². The van der Waals surface area contributed by atoms with Crippen LogP contribution < -0.4 is 5.73 Å². The second kappa shape index (κ2) is 6.73. The normalized spacial score (nSPS) is 27.6. The van der Waals surface area contributed by atoms with E-state index in [9.17, 15) is 8.42 Å². The number of rotatable bonds is 4. The number of hydrogen-bond acceptors (Lipinski definition) is 5. The summed E-state index contributed by atoms with van der Waals surface area (Å²) in [5.74, 6) is 0.386. The van der Waals surface area contributed by atoms with Gasteiger partial charge in [-0.1, -0.05) is 24.4 Å². The number of sulfonamides is 1. The minimum Gasteiger partial charge on any atom is -0.409 e. The molecule has 20 heavy (non-hydrogen) atoms. The van der Waals surface area contributed by atoms with E-state index in [1.54, 1.807) is 0 Å². The molecule has 2 aliphatic rings. The number of amidine groups is 1. The second-order valence-electron chi connectivity index (χ2n) is 5.52. The first-order valence-electron chi connectivity index (χ1n) is 7.10. The third kappa shape index (κ3) is 3.83. The van der Waals surface area contributed by atoms with Crippen LogP contribution in [0, 0.1) is 5.92 Å². The highest BCUT2D eigenvalue weighted by Crippen LogP contribution is 2.26. The molecular formula is C12H23N3O4S. The lowest BCUT2D eigenvalue weighted by Gasteiger charge is -2.33. The van der Waals surface area contributed by atoms with Gasteiger partial charge in [-0.25, -0.2) is 8.42 Å². The van der Waals surface area contributed by atoms with Crippen LogP contribution in [0.3, 0.4) is 0 Å². The van der Waals surface area contributed by atoms with Crippen molar-refractivity contribution in [3.63, 3.8) is 0 Å². The molecule has 7 nitrogen and oxygen atoms in total. The zero-order valence-electron chi connectivity index (χ0n) is 11.6. The van der Waals surface area contributed by atoms with Crippen molar-refractivity contribution in [1.82, 2.24) is 4.31 Å². The fourth-order valence-electron chi connectivity index (χ4n) is 2.88. The van der Waals surface area contributed by atoms with Crippen LogP contribution in [0.25, 0.3) is 0 Å². The molecule has 2 fully saturated rings. The zero-order valence-corrected chi connectivity index (χ0v) is 12.4. The summed E-state index contributed by atoms with van der Waals surface area (Å²) in [6.07, 6.45) is 4.78. The highest BCUT2D eigenvalue weighted by Gasteiger charge is 2.33. The van der Waals surface area contributed by atoms with E-state index in [4.69, 9.17) is 15.7 Å². The molecule has 0 aromatic carbocycles. The van der Waals surface area contributed by atoms with Crippen LogP contribution in [0.15, 0.2) is 5.16 Å². The van der Waals surface area contributed by atoms with Crippen LogP contribution in [0.5, 0.6) is 0 Å². The Labute approximate surface area is 119 Å². The van der Waals surface area contributed by atoms with E-state index in [-0.39, 0.29) is 30.7 Å². The number of nitrogens with two attached hydrogens (primary N) is 1. The standard InChI is InChI=1S/C12H23N3O4S/c13-12(14-16)11-8-15(6-7-19-11)20(17,18)9-10-4-2-1-3-5-10/h10-11,16H,1-9H2,(H2,13,14). The molecule has 1 heterocycles. The summed E-state index contributed by atoms with van der Waals surface area (Å²) in [6.45, 7) is 0.736. The maximum atomic E-state index is 12.4. The topological polar surface area (TPSA) is 105 Å². The molecule has 0 amide bonds. The predicted molar refractivity (Wildman–Crippen MR) is 75.1 cm³/mol. The first kappa shape index (κ1) is 15.5. The molecule has 3 N–H and O–H groups in total. The van der Waals surface area contributed by atoms with Gasteiger partial charge in [0.25, 0.3) is 0 Å². The molecule has 1 saturated heterocycles. The Balaban J connectivity index is 1.97. The third-order valence-electron chi connectivity index (χ3n) is 4.04. The van der Waals surface area contributed by atoms with Gasteiger partial charge < -0.3 is 15.7 Å². The maximum Gasteiger partial charge on any atom is 0.214 e. The molecular weight excluding hydrogens is 282 g/mol. The van der Waals surface area contributed by atoms with Gasteiger partial charge in [-0.15, -0.1) is 0 Å². The monoisotopic (exact) mass is 305 g/mol. The lowest BCUT2D eigenvalue weighted by molar-refractivity contribution is 0.0353. The lowest BCUT2D eigenvalue weighted by Crippen LogP contribution is -2.51. The van der Waals surface area contributed by atoms with Gasteiger partial charge in [0.05, 0.1) is 12.4 Å². The Hall–Kier alpha value is -0.860. The van der Waals surface area contributed by atoms with Crippen LogP contribution in [-0.4, -0.2) is 55.3 Å². The van der Waals surface area contributed by atoms with Crippen molar-refractivity contribution in [3.05, 3.63) is 0 Å². The van der Waals surface area contributed by atoms with E-state index in [0.29, 0.717) is 6.54 Å². The molecule has 1 atom stereocenters. The van der Waals surface area contributed by atoms with Crippen molar-refractivity contribution in [2.45, 2.75) is 38.2 Å². The Morgan fingerprint density at radius 3 is 2.70 bits per heavy atom. The fraction of sp³-hybridized carbons (Fsp3) is 0.917. The SMILES string of the molecule is NC(=NO)C1CN(S(=O)(=O)CC2CCCCC2)CCO1. The van der Waals surface area contributed by atoms with Crippen LogP contribution in [0.2, 0.25) is 0 Å². The van der Waals surface area contributed by atoms with E-state index in [0.717, 1.165) is 25.7 Å². The Morgan fingerprint density at radius 1 is 1.35 bits per heavy atom. The molecule has 1 aliphatic carbocycles. The third-order valence-corrected chi connectivity index (χ3v) is 6.05. The second-order valence-corrected chi connectivity index (χ2v) is 7.54. The van der Waals surface area contributed by atoms with Gasteiger partial charge in [0, 0.05) is 13.1 Å². The quantitative estimate of drug-likeness (QED) is 0.337. The van der Waals surface area contributed by atoms with Crippen molar-refractivity contribution < 1.29 is 18.4 Å². The summed E-state index contributed by atoms with van der Waals surface area (Å²) < 4.78 is 31.6. The van der Waals surface area contributed by atoms with Crippen LogP contribution in [-0.2, 0) is 14.8 Å². The van der Waals surface area contributed by atoms with Crippen molar-refractivity contribution in [3.8, 4) is 0 Å². The molecule has 1 saturated carbocycles. The van der Waals surface area contributed by atoms with Gasteiger partial charge in [-0.2, -0.15) is 4.31 Å². The molecule has 2 rings (SSSR count). The summed E-state index contributed by atoms with van der Waals surface area (Å²) in [4.78, 5) is 0. The highest BCUT2D eigenvalue weighted by atomic mass is 32.2. The average Bonchev–Trinajstić information content (AvgIpc) is 2.47. The number of oxime groups is 1. The zero-order chi connectivity index (χ0) is 14.6. The average molecular weight is 305 g/mol. The molecule has 0 spiro atoms. The number of nitrogens with zero attached hydrogens (tertiary/aromatic N) is 2. The van der Waals surface area contributed by atoms with Crippen molar-refractivity contribution in [1.29, 1.82) is 0 Å². The van der Waals surface area contributed by atoms with Crippen molar-refractivity contribution >= 4 is 15.9 Å². The predicted octanol–water partition coefficient (Wildman–Crippen LogP) is 0.344. The minimum absolute atomic E-state index is 0.0810. The summed E-state index contributed by atoms with van der Waals surface area (Å²) in [7, 11) is -3.30. The molecule has 0 aromatic heterocycles. The largest absolute Gasteiger partial charge is 0.409 e. The molecule has 116 valence electrons. The highest BCUT2D eigenvalue weighted by molar-refractivity contribution is 7.89. The van der Waals surface area contributed by atoms with Gasteiger partial charge in [0.2, 0.25) is 10.0 Å². The summed E-state index contributed by atoms with van der Waals surface area (Å²) in [5, 5.41) is 11.5. The number of hydrogen-bond donors (Lipinski definition) is 2. The van der Waals surface area contributed by atoms with Crippen LogP contribution in [0.1, 0.15) is 32.1 Å². The van der Waals surface area contributed by atoms with E-state index >= 15 is 0 Å². The lowest BCUT2D eigenvalue weighted by atomic mass is 9.91. The number of ether oxygens (including phenoxy) is 1. The van der Waals surface area contributed by atoms with E-state index in [2.05, 4.69) is 5.16 Å². The molecule has 1 unspecified atom stereocenters. The Morgan fingerprint density at radius 2 is 2.05 bits per heavy atom.